The van der Waals surface area contributed by atoms with E-state index in [1.807, 2.05) is 24.3 Å². The molecule has 0 aromatic heterocycles. The highest BCUT2D eigenvalue weighted by molar-refractivity contribution is 7.81. The molecule has 0 fully saturated rings. The predicted octanol–water partition coefficient (Wildman–Crippen LogP) is 2.74. The van der Waals surface area contributed by atoms with Gasteiger partial charge >= 0.3 is 5.97 Å². The van der Waals surface area contributed by atoms with E-state index in [2.05, 4.69) is 17.5 Å². The van der Waals surface area contributed by atoms with Crippen LogP contribution in [0.15, 0.2) is 24.3 Å². The number of rotatable bonds is 6. The van der Waals surface area contributed by atoms with Crippen molar-refractivity contribution in [2.45, 2.75) is 25.7 Å². The Balaban J connectivity index is 2.28. The topological polar surface area (TPSA) is 49.3 Å². The van der Waals surface area contributed by atoms with E-state index in [-0.39, 0.29) is 6.42 Å². The fourth-order valence-electron chi connectivity index (χ4n) is 1.35. The van der Waals surface area contributed by atoms with E-state index >= 15 is 0 Å². The minimum atomic E-state index is -0.718. The van der Waals surface area contributed by atoms with E-state index in [1.165, 1.54) is 5.56 Å². The zero-order valence-corrected chi connectivity index (χ0v) is 9.33. The smallest absolute Gasteiger partial charge is 0.303 e. The van der Waals surface area contributed by atoms with E-state index in [1.54, 1.807) is 0 Å². The third-order valence-electron chi connectivity index (χ3n) is 2.19. The van der Waals surface area contributed by atoms with Gasteiger partial charge in [0.05, 0.1) is 0 Å². The molecule has 0 heterocycles. The number of thiol groups is 1. The van der Waals surface area contributed by atoms with Crippen molar-refractivity contribution in [1.29, 1.82) is 0 Å². The van der Waals surface area contributed by atoms with Crippen molar-refractivity contribution in [2.24, 2.45) is 0 Å². The molecule has 0 aliphatic rings. The number of aryl methyl sites for hydroxylation is 1. The summed E-state index contributed by atoms with van der Waals surface area (Å²) >= 11 is 3.94. The zero-order valence-electron chi connectivity index (χ0n) is 8.44. The van der Waals surface area contributed by atoms with Crippen LogP contribution in [0.4, 0.5) is 5.69 Å². The lowest BCUT2D eigenvalue weighted by atomic mass is 10.1. The number of benzene rings is 1. The molecule has 3 nitrogen and oxygen atoms in total. The van der Waals surface area contributed by atoms with Crippen LogP contribution in [0, 0.1) is 0 Å². The van der Waals surface area contributed by atoms with Gasteiger partial charge in [0.15, 0.2) is 0 Å². The van der Waals surface area contributed by atoms with Crippen LogP contribution in [-0.2, 0) is 11.2 Å². The van der Waals surface area contributed by atoms with Crippen molar-refractivity contribution in [3.05, 3.63) is 29.8 Å². The molecule has 0 spiro atoms. The number of hydrogen-bond acceptors (Lipinski definition) is 3. The first-order valence-corrected chi connectivity index (χ1v) is 5.38. The summed E-state index contributed by atoms with van der Waals surface area (Å²) in [6, 6.07) is 7.97. The maximum Gasteiger partial charge on any atom is 0.303 e. The molecule has 0 radical (unpaired) electrons. The van der Waals surface area contributed by atoms with Gasteiger partial charge in [0.1, 0.15) is 0 Å². The Kier molecular flexibility index (Phi) is 5.04. The number of aliphatic carboxylic acids is 1. The van der Waals surface area contributed by atoms with Gasteiger partial charge < -0.3 is 9.83 Å². The molecule has 0 unspecified atom stereocenters. The molecule has 0 bridgehead atoms. The van der Waals surface area contributed by atoms with E-state index < -0.39 is 5.97 Å². The fourth-order valence-corrected chi connectivity index (χ4v) is 1.50. The number of carboxylic acids is 1. The Bertz CT molecular complexity index is 311. The molecule has 1 rings (SSSR count). The van der Waals surface area contributed by atoms with E-state index in [9.17, 15) is 4.79 Å². The van der Waals surface area contributed by atoms with Gasteiger partial charge in [-0.3, -0.25) is 4.79 Å². The average molecular weight is 225 g/mol. The summed E-state index contributed by atoms with van der Waals surface area (Å²) in [5, 5.41) is 8.46. The van der Waals surface area contributed by atoms with Crippen molar-refractivity contribution in [3.63, 3.8) is 0 Å². The summed E-state index contributed by atoms with van der Waals surface area (Å²) in [5.74, 6) is -0.718. The molecular formula is C11H15NO2S. The monoisotopic (exact) mass is 225 g/mol. The molecule has 0 aliphatic heterocycles. The first-order valence-electron chi connectivity index (χ1n) is 4.93. The lowest BCUT2D eigenvalue weighted by Crippen LogP contribution is -1.94. The van der Waals surface area contributed by atoms with Crippen LogP contribution in [-0.4, -0.2) is 11.1 Å². The van der Waals surface area contributed by atoms with Gasteiger partial charge in [-0.25, -0.2) is 0 Å². The first-order chi connectivity index (χ1) is 7.22. The molecule has 0 atom stereocenters. The second-order valence-electron chi connectivity index (χ2n) is 3.41. The molecule has 4 heteroatoms. The van der Waals surface area contributed by atoms with E-state index in [0.29, 0.717) is 0 Å². The Morgan fingerprint density at radius 2 is 1.93 bits per heavy atom. The van der Waals surface area contributed by atoms with Crippen LogP contribution in [0.3, 0.4) is 0 Å². The van der Waals surface area contributed by atoms with Gasteiger partial charge in [-0.05, 0) is 37.0 Å². The zero-order chi connectivity index (χ0) is 11.1. The van der Waals surface area contributed by atoms with Gasteiger partial charge in [0.2, 0.25) is 0 Å². The molecule has 0 saturated heterocycles. The number of carboxylic acid groups (broad SMARTS) is 1. The van der Waals surface area contributed by atoms with Gasteiger partial charge in [0, 0.05) is 12.1 Å². The summed E-state index contributed by atoms with van der Waals surface area (Å²) in [6.45, 7) is 0. The predicted molar refractivity (Wildman–Crippen MR) is 64.2 cm³/mol. The van der Waals surface area contributed by atoms with Crippen molar-refractivity contribution in [2.75, 3.05) is 4.72 Å². The number of unbranched alkanes of at least 4 members (excludes halogenated alkanes) is 1. The second kappa shape index (κ2) is 6.35. The van der Waals surface area contributed by atoms with Crippen molar-refractivity contribution < 1.29 is 9.90 Å². The highest BCUT2D eigenvalue weighted by Gasteiger charge is 1.97. The minimum Gasteiger partial charge on any atom is -0.481 e. The molecule has 15 heavy (non-hydrogen) atoms. The van der Waals surface area contributed by atoms with E-state index in [4.69, 9.17) is 5.11 Å². The maximum absolute atomic E-state index is 10.3. The summed E-state index contributed by atoms with van der Waals surface area (Å²) in [7, 11) is 0. The number of anilines is 1. The normalized spacial score (nSPS) is 9.93. The summed E-state index contributed by atoms with van der Waals surface area (Å²) in [4.78, 5) is 10.3. The molecule has 1 aromatic carbocycles. The Labute approximate surface area is 95.1 Å². The number of carbonyl (C=O) groups is 1. The van der Waals surface area contributed by atoms with Crippen molar-refractivity contribution in [3.8, 4) is 0 Å². The molecule has 0 saturated carbocycles. The molecule has 2 N–H and O–H groups in total. The van der Waals surface area contributed by atoms with Crippen LogP contribution in [0.5, 0.6) is 0 Å². The highest BCUT2D eigenvalue weighted by atomic mass is 32.1. The van der Waals surface area contributed by atoms with Crippen LogP contribution in [0.1, 0.15) is 24.8 Å². The third-order valence-corrected chi connectivity index (χ3v) is 2.45. The van der Waals surface area contributed by atoms with Gasteiger partial charge in [-0.1, -0.05) is 24.9 Å². The Morgan fingerprint density at radius 3 is 2.47 bits per heavy atom. The molecule has 1 aromatic rings. The molecule has 82 valence electrons. The standard InChI is InChI=1S/C11H15NO2S/c13-11(14)4-2-1-3-9-5-7-10(12-15)8-6-9/h5-8,12,15H,1-4H2,(H,13,14). The summed E-state index contributed by atoms with van der Waals surface area (Å²) in [5.41, 5.74) is 2.19. The first kappa shape index (κ1) is 11.9. The second-order valence-corrected chi connectivity index (χ2v) is 3.63. The lowest BCUT2D eigenvalue weighted by molar-refractivity contribution is -0.137. The average Bonchev–Trinajstić information content (AvgIpc) is 2.25. The van der Waals surface area contributed by atoms with Crippen LogP contribution in [0.2, 0.25) is 0 Å². The highest BCUT2D eigenvalue weighted by Crippen LogP contribution is 2.12. The number of nitrogens with one attached hydrogen (secondary N) is 1. The van der Waals surface area contributed by atoms with Crippen molar-refractivity contribution >= 4 is 24.5 Å². The largest absolute Gasteiger partial charge is 0.481 e. The lowest BCUT2D eigenvalue weighted by Gasteiger charge is -2.02. The minimum absolute atomic E-state index is 0.260. The van der Waals surface area contributed by atoms with Crippen LogP contribution in [0.25, 0.3) is 0 Å². The third kappa shape index (κ3) is 4.74. The molecular weight excluding hydrogens is 210 g/mol. The van der Waals surface area contributed by atoms with Crippen molar-refractivity contribution in [1.82, 2.24) is 0 Å². The quantitative estimate of drug-likeness (QED) is 0.515. The summed E-state index contributed by atoms with van der Waals surface area (Å²) in [6.07, 6.45) is 2.85. The molecule has 0 amide bonds. The molecule has 0 aliphatic carbocycles. The Morgan fingerprint density at radius 1 is 1.27 bits per heavy atom. The van der Waals surface area contributed by atoms with Crippen LogP contribution < -0.4 is 4.72 Å². The van der Waals surface area contributed by atoms with Crippen LogP contribution >= 0.6 is 12.8 Å². The Hall–Kier alpha value is -1.16. The van der Waals surface area contributed by atoms with E-state index in [0.717, 1.165) is 24.9 Å². The van der Waals surface area contributed by atoms with Gasteiger partial charge in [-0.15, -0.1) is 0 Å². The summed E-state index contributed by atoms with van der Waals surface area (Å²) < 4.78 is 2.75. The maximum atomic E-state index is 10.3. The SMILES string of the molecule is O=C(O)CCCCc1ccc(NS)cc1. The number of hydrogen-bond donors (Lipinski definition) is 3. The fraction of sp³-hybridized carbons (Fsp3) is 0.364. The van der Waals surface area contributed by atoms with Gasteiger partial charge in [0.25, 0.3) is 0 Å². The van der Waals surface area contributed by atoms with Gasteiger partial charge in [-0.2, -0.15) is 0 Å².